The van der Waals surface area contributed by atoms with Crippen LogP contribution in [-0.4, -0.2) is 4.98 Å². The van der Waals surface area contributed by atoms with Crippen molar-refractivity contribution in [3.05, 3.63) is 63.9 Å². The van der Waals surface area contributed by atoms with Crippen molar-refractivity contribution in [2.75, 3.05) is 0 Å². The number of halogens is 2. The molecule has 1 nitrogen and oxygen atoms in total. The quantitative estimate of drug-likeness (QED) is 0.722. The van der Waals surface area contributed by atoms with Crippen LogP contribution in [0, 0.1) is 13.8 Å². The van der Waals surface area contributed by atoms with Crippen LogP contribution < -0.4 is 0 Å². The molecule has 0 saturated heterocycles. The van der Waals surface area contributed by atoms with Crippen LogP contribution in [0.5, 0.6) is 0 Å². The fourth-order valence-electron chi connectivity index (χ4n) is 1.97. The van der Waals surface area contributed by atoms with Gasteiger partial charge in [0.15, 0.2) is 0 Å². The maximum Gasteiger partial charge on any atom is 0.0621 e. The van der Waals surface area contributed by atoms with Crippen LogP contribution in [-0.2, 0) is 6.42 Å². The molecular formula is C15H15BrClN. The Labute approximate surface area is 121 Å². The molecule has 18 heavy (non-hydrogen) atoms. The van der Waals surface area contributed by atoms with E-state index >= 15 is 0 Å². The van der Waals surface area contributed by atoms with E-state index in [0.717, 1.165) is 17.0 Å². The van der Waals surface area contributed by atoms with Crippen molar-refractivity contribution in [2.24, 2.45) is 0 Å². The summed E-state index contributed by atoms with van der Waals surface area (Å²) in [5.74, 6) is 0. The van der Waals surface area contributed by atoms with Gasteiger partial charge in [-0.15, -0.1) is 0 Å². The van der Waals surface area contributed by atoms with Crippen LogP contribution in [0.15, 0.2) is 36.7 Å². The van der Waals surface area contributed by atoms with E-state index in [-0.39, 0.29) is 4.83 Å². The van der Waals surface area contributed by atoms with Gasteiger partial charge in [-0.3, -0.25) is 4.98 Å². The van der Waals surface area contributed by atoms with Gasteiger partial charge in [0, 0.05) is 17.2 Å². The van der Waals surface area contributed by atoms with Gasteiger partial charge in [0.1, 0.15) is 0 Å². The van der Waals surface area contributed by atoms with E-state index in [1.165, 1.54) is 16.7 Å². The highest BCUT2D eigenvalue weighted by atomic mass is 79.9. The SMILES string of the molecule is Cc1ccc(C)c(C(Br)Cc2ccncc2Cl)c1. The molecule has 1 unspecified atom stereocenters. The molecule has 94 valence electrons. The van der Waals surface area contributed by atoms with Crippen molar-refractivity contribution in [3.8, 4) is 0 Å². The molecule has 0 fully saturated rings. The third-order valence-electron chi connectivity index (χ3n) is 3.03. The van der Waals surface area contributed by atoms with Gasteiger partial charge in [-0.05, 0) is 43.0 Å². The Balaban J connectivity index is 2.25. The Morgan fingerprint density at radius 2 is 2.06 bits per heavy atom. The molecule has 3 heteroatoms. The van der Waals surface area contributed by atoms with Crippen molar-refractivity contribution in [1.29, 1.82) is 0 Å². The highest BCUT2D eigenvalue weighted by Crippen LogP contribution is 2.31. The second-order valence-electron chi connectivity index (χ2n) is 4.50. The molecule has 1 aromatic heterocycles. The van der Waals surface area contributed by atoms with Gasteiger partial charge in [0.05, 0.1) is 5.02 Å². The van der Waals surface area contributed by atoms with E-state index in [4.69, 9.17) is 11.6 Å². The lowest BCUT2D eigenvalue weighted by Gasteiger charge is -2.14. The van der Waals surface area contributed by atoms with E-state index in [9.17, 15) is 0 Å². The predicted molar refractivity (Wildman–Crippen MR) is 80.5 cm³/mol. The van der Waals surface area contributed by atoms with Crippen LogP contribution in [0.1, 0.15) is 27.1 Å². The molecule has 1 heterocycles. The normalized spacial score (nSPS) is 12.4. The first-order chi connectivity index (χ1) is 8.58. The molecule has 0 bridgehead atoms. The molecule has 0 aliphatic rings. The van der Waals surface area contributed by atoms with E-state index in [1.807, 2.05) is 6.07 Å². The molecular weight excluding hydrogens is 310 g/mol. The van der Waals surface area contributed by atoms with Gasteiger partial charge in [-0.1, -0.05) is 51.3 Å². The Kier molecular flexibility index (Phi) is 4.41. The highest BCUT2D eigenvalue weighted by Gasteiger charge is 2.13. The van der Waals surface area contributed by atoms with Crippen molar-refractivity contribution in [1.82, 2.24) is 4.98 Å². The second-order valence-corrected chi connectivity index (χ2v) is 6.01. The minimum atomic E-state index is 0.275. The molecule has 0 aliphatic carbocycles. The van der Waals surface area contributed by atoms with Crippen molar-refractivity contribution in [3.63, 3.8) is 0 Å². The molecule has 1 aromatic carbocycles. The Morgan fingerprint density at radius 3 is 2.78 bits per heavy atom. The number of pyridine rings is 1. The number of alkyl halides is 1. The van der Waals surface area contributed by atoms with Gasteiger partial charge in [0.25, 0.3) is 0 Å². The zero-order valence-electron chi connectivity index (χ0n) is 10.5. The lowest BCUT2D eigenvalue weighted by Crippen LogP contribution is -1.99. The zero-order valence-corrected chi connectivity index (χ0v) is 12.8. The standard InChI is InChI=1S/C15H15BrClN/c1-10-3-4-11(2)13(7-10)14(16)8-12-5-6-18-9-15(12)17/h3-7,9,14H,8H2,1-2H3. The number of aromatic nitrogens is 1. The summed E-state index contributed by atoms with van der Waals surface area (Å²) in [6.45, 7) is 4.25. The summed E-state index contributed by atoms with van der Waals surface area (Å²) < 4.78 is 0. The zero-order chi connectivity index (χ0) is 13.1. The maximum absolute atomic E-state index is 6.14. The largest absolute Gasteiger partial charge is 0.263 e. The number of aryl methyl sites for hydroxylation is 2. The minimum absolute atomic E-state index is 0.275. The molecule has 0 N–H and O–H groups in total. The van der Waals surface area contributed by atoms with Gasteiger partial charge in [-0.2, -0.15) is 0 Å². The van der Waals surface area contributed by atoms with E-state index in [0.29, 0.717) is 0 Å². The Bertz CT molecular complexity index is 554. The van der Waals surface area contributed by atoms with Crippen molar-refractivity contribution in [2.45, 2.75) is 25.1 Å². The first-order valence-corrected chi connectivity index (χ1v) is 7.17. The summed E-state index contributed by atoms with van der Waals surface area (Å²) in [4.78, 5) is 4.28. The smallest absolute Gasteiger partial charge is 0.0621 e. The van der Waals surface area contributed by atoms with Crippen molar-refractivity contribution >= 4 is 27.5 Å². The third-order valence-corrected chi connectivity index (χ3v) is 4.19. The maximum atomic E-state index is 6.14. The van der Waals surface area contributed by atoms with E-state index in [2.05, 4.69) is 53.0 Å². The van der Waals surface area contributed by atoms with Crippen LogP contribution in [0.3, 0.4) is 0 Å². The van der Waals surface area contributed by atoms with Gasteiger partial charge in [-0.25, -0.2) is 0 Å². The van der Waals surface area contributed by atoms with Crippen LogP contribution >= 0.6 is 27.5 Å². The minimum Gasteiger partial charge on any atom is -0.263 e. The Hall–Kier alpha value is -0.860. The second kappa shape index (κ2) is 5.85. The average Bonchev–Trinajstić information content (AvgIpc) is 2.35. The first-order valence-electron chi connectivity index (χ1n) is 5.87. The molecule has 0 spiro atoms. The van der Waals surface area contributed by atoms with Gasteiger partial charge in [0.2, 0.25) is 0 Å². The third kappa shape index (κ3) is 3.12. The number of hydrogen-bond acceptors (Lipinski definition) is 1. The summed E-state index contributed by atoms with van der Waals surface area (Å²) in [5, 5.41) is 0.729. The monoisotopic (exact) mass is 323 g/mol. The number of benzene rings is 1. The summed E-state index contributed by atoms with van der Waals surface area (Å²) in [6, 6.07) is 8.50. The summed E-state index contributed by atoms with van der Waals surface area (Å²) in [5.41, 5.74) is 5.02. The van der Waals surface area contributed by atoms with Gasteiger partial charge >= 0.3 is 0 Å². The predicted octanol–water partition coefficient (Wildman–Crippen LogP) is 5.03. The molecule has 0 saturated carbocycles. The lowest BCUT2D eigenvalue weighted by atomic mass is 9.99. The number of nitrogens with zero attached hydrogens (tertiary/aromatic N) is 1. The van der Waals surface area contributed by atoms with Crippen LogP contribution in [0.25, 0.3) is 0 Å². The van der Waals surface area contributed by atoms with E-state index < -0.39 is 0 Å². The fourth-order valence-corrected chi connectivity index (χ4v) is 3.01. The average molecular weight is 325 g/mol. The van der Waals surface area contributed by atoms with E-state index in [1.54, 1.807) is 12.4 Å². The van der Waals surface area contributed by atoms with Crippen LogP contribution in [0.4, 0.5) is 0 Å². The Morgan fingerprint density at radius 1 is 1.28 bits per heavy atom. The van der Waals surface area contributed by atoms with Gasteiger partial charge < -0.3 is 0 Å². The fraction of sp³-hybridized carbons (Fsp3) is 0.267. The highest BCUT2D eigenvalue weighted by molar-refractivity contribution is 9.09. The molecule has 2 rings (SSSR count). The molecule has 2 aromatic rings. The lowest BCUT2D eigenvalue weighted by molar-refractivity contribution is 0.932. The molecule has 0 amide bonds. The summed E-state index contributed by atoms with van der Waals surface area (Å²) in [6.07, 6.45) is 4.34. The molecule has 1 atom stereocenters. The number of rotatable bonds is 3. The van der Waals surface area contributed by atoms with Crippen LogP contribution in [0.2, 0.25) is 5.02 Å². The summed E-state index contributed by atoms with van der Waals surface area (Å²) >= 11 is 9.91. The van der Waals surface area contributed by atoms with Crippen molar-refractivity contribution < 1.29 is 0 Å². The first kappa shape index (κ1) is 13.6. The summed E-state index contributed by atoms with van der Waals surface area (Å²) in [7, 11) is 0. The topological polar surface area (TPSA) is 12.9 Å². The number of hydrogen-bond donors (Lipinski definition) is 0. The molecule has 0 radical (unpaired) electrons. The molecule has 0 aliphatic heterocycles.